The summed E-state index contributed by atoms with van der Waals surface area (Å²) in [6, 6.07) is -0.940. The zero-order valence-electron chi connectivity index (χ0n) is 21.8. The first kappa shape index (κ1) is 26.7. The summed E-state index contributed by atoms with van der Waals surface area (Å²) in [6.45, 7) is 18.3. The lowest BCUT2D eigenvalue weighted by Gasteiger charge is -2.45. The highest BCUT2D eigenvalue weighted by atomic mass is 16.5. The Hall–Kier alpha value is -1.93. The van der Waals surface area contributed by atoms with Crippen molar-refractivity contribution < 1.29 is 29.3 Å². The number of rotatable bonds is 9. The van der Waals surface area contributed by atoms with Crippen LogP contribution in [-0.4, -0.2) is 80.3 Å². The number of amides is 2. The molecule has 0 saturated carbocycles. The van der Waals surface area contributed by atoms with E-state index in [1.54, 1.807) is 17.9 Å². The van der Waals surface area contributed by atoms with Crippen molar-refractivity contribution in [3.63, 3.8) is 0 Å². The molecule has 3 unspecified atom stereocenters. The highest BCUT2D eigenvalue weighted by Crippen LogP contribution is 2.65. The van der Waals surface area contributed by atoms with Gasteiger partial charge in [-0.1, -0.05) is 33.8 Å². The summed E-state index contributed by atoms with van der Waals surface area (Å²) >= 11 is 0. The minimum Gasteiger partial charge on any atom is -0.481 e. The maximum Gasteiger partial charge on any atom is 0.310 e. The van der Waals surface area contributed by atoms with E-state index in [2.05, 4.69) is 27.4 Å². The van der Waals surface area contributed by atoms with E-state index in [0.717, 1.165) is 6.42 Å². The predicted octanol–water partition coefficient (Wildman–Crippen LogP) is 2.69. The van der Waals surface area contributed by atoms with Crippen LogP contribution in [0.5, 0.6) is 0 Å². The van der Waals surface area contributed by atoms with E-state index in [1.165, 1.54) is 4.90 Å². The Labute approximate surface area is 203 Å². The van der Waals surface area contributed by atoms with Crippen molar-refractivity contribution in [1.82, 2.24) is 9.80 Å². The monoisotopic (exact) mass is 478 g/mol. The van der Waals surface area contributed by atoms with Crippen molar-refractivity contribution >= 4 is 17.8 Å². The van der Waals surface area contributed by atoms with E-state index in [0.29, 0.717) is 19.4 Å². The summed E-state index contributed by atoms with van der Waals surface area (Å²) in [5.74, 6) is -3.74. The summed E-state index contributed by atoms with van der Waals surface area (Å²) in [5.41, 5.74) is -2.80. The van der Waals surface area contributed by atoms with Crippen LogP contribution in [0.4, 0.5) is 0 Å². The highest BCUT2D eigenvalue weighted by molar-refractivity contribution is 5.98. The lowest BCUT2D eigenvalue weighted by Crippen LogP contribution is -2.61. The second-order valence-corrected chi connectivity index (χ2v) is 12.4. The molecule has 1 spiro atoms. The molecule has 0 aromatic heterocycles. The van der Waals surface area contributed by atoms with Crippen LogP contribution in [0.2, 0.25) is 0 Å². The zero-order valence-corrected chi connectivity index (χ0v) is 21.8. The molecular formula is C26H42N2O6. The first-order chi connectivity index (χ1) is 15.6. The van der Waals surface area contributed by atoms with E-state index in [9.17, 15) is 24.6 Å². The van der Waals surface area contributed by atoms with Gasteiger partial charge in [0.25, 0.3) is 0 Å². The van der Waals surface area contributed by atoms with Crippen molar-refractivity contribution in [2.75, 3.05) is 19.7 Å². The number of carbonyl (C=O) groups excluding carboxylic acids is 2. The number of carboxylic acids is 1. The van der Waals surface area contributed by atoms with Crippen molar-refractivity contribution in [2.24, 2.45) is 23.2 Å². The van der Waals surface area contributed by atoms with Gasteiger partial charge in [0.2, 0.25) is 11.8 Å². The molecule has 3 fully saturated rings. The molecule has 3 aliphatic heterocycles. The van der Waals surface area contributed by atoms with Crippen LogP contribution in [-0.2, 0) is 19.1 Å². The third-order valence-corrected chi connectivity index (χ3v) is 8.14. The summed E-state index contributed by atoms with van der Waals surface area (Å²) in [4.78, 5) is 43.8. The van der Waals surface area contributed by atoms with Crippen molar-refractivity contribution in [1.29, 1.82) is 0 Å². The molecule has 8 heteroatoms. The maximum absolute atomic E-state index is 14.4. The van der Waals surface area contributed by atoms with Crippen LogP contribution >= 0.6 is 0 Å². The lowest BCUT2D eigenvalue weighted by atomic mass is 9.62. The van der Waals surface area contributed by atoms with Crippen LogP contribution in [0.3, 0.4) is 0 Å². The number of ether oxygens (including phenoxy) is 1. The number of aliphatic carboxylic acids is 1. The van der Waals surface area contributed by atoms with Gasteiger partial charge in [-0.25, -0.2) is 0 Å². The van der Waals surface area contributed by atoms with Crippen LogP contribution in [0.25, 0.3) is 0 Å². The molecule has 8 nitrogen and oxygen atoms in total. The van der Waals surface area contributed by atoms with E-state index in [1.807, 2.05) is 20.8 Å². The maximum atomic E-state index is 14.4. The predicted molar refractivity (Wildman–Crippen MR) is 128 cm³/mol. The number of aliphatic hydroxyl groups is 1. The normalized spacial score (nSPS) is 34.9. The zero-order chi connectivity index (χ0) is 25.9. The Kier molecular flexibility index (Phi) is 6.77. The van der Waals surface area contributed by atoms with Crippen LogP contribution < -0.4 is 0 Å². The fourth-order valence-electron chi connectivity index (χ4n) is 7.18. The second-order valence-electron chi connectivity index (χ2n) is 12.4. The summed E-state index contributed by atoms with van der Waals surface area (Å²) in [7, 11) is 0. The van der Waals surface area contributed by atoms with Gasteiger partial charge in [0.1, 0.15) is 17.6 Å². The topological polar surface area (TPSA) is 107 Å². The molecule has 2 amide bonds. The number of hydrogen-bond donors (Lipinski definition) is 2. The summed E-state index contributed by atoms with van der Waals surface area (Å²) in [5, 5.41) is 19.6. The number of aliphatic hydroxyl groups excluding tert-OH is 1. The second kappa shape index (κ2) is 8.63. The average molecular weight is 479 g/mol. The SMILES string of the molecule is C=CCN(C(=O)C1N(CCCO)C(=O)[C@@H]2[C@@H](C(=O)O)[C@]3(C)OC12CC3C)C(C)(C)CC(C)(C)C. The Bertz CT molecular complexity index is 864. The van der Waals surface area contributed by atoms with Gasteiger partial charge in [-0.3, -0.25) is 14.4 Å². The van der Waals surface area contributed by atoms with Gasteiger partial charge >= 0.3 is 5.97 Å². The van der Waals surface area contributed by atoms with E-state index in [-0.39, 0.29) is 36.3 Å². The summed E-state index contributed by atoms with van der Waals surface area (Å²) < 4.78 is 6.53. The number of likely N-dealkylation sites (tertiary alicyclic amines) is 1. The molecule has 3 rings (SSSR count). The number of carboxylic acid groups (broad SMARTS) is 1. The summed E-state index contributed by atoms with van der Waals surface area (Å²) in [6.07, 6.45) is 3.15. The number of fused-ring (bicyclic) bond motifs is 1. The molecular weight excluding hydrogens is 436 g/mol. The average Bonchev–Trinajstić information content (AvgIpc) is 3.19. The first-order valence-corrected chi connectivity index (χ1v) is 12.3. The molecule has 2 N–H and O–H groups in total. The minimum atomic E-state index is -1.20. The smallest absolute Gasteiger partial charge is 0.310 e. The van der Waals surface area contributed by atoms with Crippen LogP contribution in [0.15, 0.2) is 12.7 Å². The van der Waals surface area contributed by atoms with Crippen molar-refractivity contribution in [3.05, 3.63) is 12.7 Å². The standard InChI is InChI=1S/C26H42N2O6/c1-9-11-28(24(6,7)15-23(3,4)5)21(31)19-26-14-16(2)25(8,34-26)18(22(32)33)17(26)20(30)27(19)12-10-13-29/h9,16-19,29H,1,10-15H2,2-8H3,(H,32,33)/t16?,17-,18-,19?,25+,26?/m0/s1. The van der Waals surface area contributed by atoms with Crippen LogP contribution in [0, 0.1) is 23.2 Å². The Balaban J connectivity index is 2.12. The van der Waals surface area contributed by atoms with E-state index < -0.39 is 40.6 Å². The molecule has 192 valence electrons. The molecule has 0 aromatic carbocycles. The number of carbonyl (C=O) groups is 3. The van der Waals surface area contributed by atoms with Gasteiger partial charge in [-0.05, 0) is 51.4 Å². The molecule has 0 aromatic rings. The highest BCUT2D eigenvalue weighted by Gasteiger charge is 2.80. The Morgan fingerprint density at radius 1 is 1.29 bits per heavy atom. The molecule has 2 bridgehead atoms. The Morgan fingerprint density at radius 3 is 2.41 bits per heavy atom. The third-order valence-electron chi connectivity index (χ3n) is 8.14. The van der Waals surface area contributed by atoms with Gasteiger partial charge < -0.3 is 24.7 Å². The molecule has 3 heterocycles. The minimum absolute atomic E-state index is 0.0508. The van der Waals surface area contributed by atoms with E-state index in [4.69, 9.17) is 4.74 Å². The van der Waals surface area contributed by atoms with Gasteiger partial charge in [0.05, 0.1) is 11.5 Å². The molecule has 0 radical (unpaired) electrons. The largest absolute Gasteiger partial charge is 0.481 e. The fraction of sp³-hybridized carbons (Fsp3) is 0.808. The molecule has 3 aliphatic rings. The van der Waals surface area contributed by atoms with Crippen LogP contribution in [0.1, 0.15) is 67.7 Å². The quantitative estimate of drug-likeness (QED) is 0.494. The van der Waals surface area contributed by atoms with Gasteiger partial charge in [0.15, 0.2) is 0 Å². The van der Waals surface area contributed by atoms with Gasteiger partial charge in [-0.2, -0.15) is 0 Å². The molecule has 3 saturated heterocycles. The van der Waals surface area contributed by atoms with Crippen molar-refractivity contribution in [2.45, 2.75) is 90.5 Å². The van der Waals surface area contributed by atoms with Gasteiger partial charge in [0, 0.05) is 25.2 Å². The lowest BCUT2D eigenvalue weighted by molar-refractivity contribution is -0.159. The van der Waals surface area contributed by atoms with Gasteiger partial charge in [-0.15, -0.1) is 6.58 Å². The molecule has 34 heavy (non-hydrogen) atoms. The first-order valence-electron chi connectivity index (χ1n) is 12.3. The van der Waals surface area contributed by atoms with Crippen molar-refractivity contribution in [3.8, 4) is 0 Å². The molecule has 6 atom stereocenters. The van der Waals surface area contributed by atoms with E-state index >= 15 is 0 Å². The Morgan fingerprint density at radius 2 is 1.91 bits per heavy atom. The fourth-order valence-corrected chi connectivity index (χ4v) is 7.18. The molecule has 0 aliphatic carbocycles. The number of nitrogens with zero attached hydrogens (tertiary/aromatic N) is 2. The number of hydrogen-bond acceptors (Lipinski definition) is 5. The third kappa shape index (κ3) is 3.96.